The zero-order chi connectivity index (χ0) is 21.0. The van der Waals surface area contributed by atoms with E-state index in [1.807, 2.05) is 31.2 Å². The van der Waals surface area contributed by atoms with E-state index in [0.717, 1.165) is 24.8 Å². The zero-order valence-corrected chi connectivity index (χ0v) is 18.3. The maximum Gasteiger partial charge on any atom is 0.246 e. The summed E-state index contributed by atoms with van der Waals surface area (Å²) in [5, 5.41) is 7.31. The lowest BCUT2D eigenvalue weighted by Crippen LogP contribution is -2.36. The van der Waals surface area contributed by atoms with Crippen LogP contribution in [0.2, 0.25) is 0 Å². The van der Waals surface area contributed by atoms with Gasteiger partial charge in [0.25, 0.3) is 0 Å². The van der Waals surface area contributed by atoms with Crippen molar-refractivity contribution >= 4 is 15.9 Å². The Morgan fingerprint density at radius 2 is 1.72 bits per heavy atom. The van der Waals surface area contributed by atoms with Crippen molar-refractivity contribution in [3.63, 3.8) is 0 Å². The number of amides is 1. The van der Waals surface area contributed by atoms with Gasteiger partial charge >= 0.3 is 0 Å². The van der Waals surface area contributed by atoms with Crippen LogP contribution < -0.4 is 5.32 Å². The molecular formula is C21H30N4O3S. The van der Waals surface area contributed by atoms with Gasteiger partial charge in [0.15, 0.2) is 0 Å². The van der Waals surface area contributed by atoms with E-state index in [-0.39, 0.29) is 12.3 Å². The molecule has 2 heterocycles. The molecule has 2 aromatic rings. The van der Waals surface area contributed by atoms with Gasteiger partial charge in [-0.2, -0.15) is 9.40 Å². The third kappa shape index (κ3) is 5.05. The summed E-state index contributed by atoms with van der Waals surface area (Å²) in [6.07, 6.45) is 3.11. The van der Waals surface area contributed by atoms with Crippen LogP contribution in [-0.2, 0) is 27.9 Å². The predicted molar refractivity (Wildman–Crippen MR) is 112 cm³/mol. The summed E-state index contributed by atoms with van der Waals surface area (Å²) in [6.45, 7) is 7.46. The molecule has 3 rings (SSSR count). The fraction of sp³-hybridized carbons (Fsp3) is 0.524. The van der Waals surface area contributed by atoms with Crippen LogP contribution in [0, 0.1) is 20.8 Å². The molecule has 1 N–H and O–H groups in total. The van der Waals surface area contributed by atoms with Crippen LogP contribution in [0.15, 0.2) is 29.2 Å². The van der Waals surface area contributed by atoms with Crippen LogP contribution in [0.25, 0.3) is 0 Å². The van der Waals surface area contributed by atoms with Crippen LogP contribution >= 0.6 is 0 Å². The van der Waals surface area contributed by atoms with Gasteiger partial charge in [-0.1, -0.05) is 36.2 Å². The first-order valence-corrected chi connectivity index (χ1v) is 11.6. The number of piperidine rings is 1. The molecule has 7 nitrogen and oxygen atoms in total. The number of rotatable bonds is 7. The van der Waals surface area contributed by atoms with Crippen molar-refractivity contribution in [2.24, 2.45) is 0 Å². The lowest BCUT2D eigenvalue weighted by Gasteiger charge is -2.26. The van der Waals surface area contributed by atoms with Crippen LogP contribution in [0.3, 0.4) is 0 Å². The number of aryl methyl sites for hydroxylation is 3. The Labute approximate surface area is 173 Å². The summed E-state index contributed by atoms with van der Waals surface area (Å²) in [5.41, 5.74) is 3.32. The van der Waals surface area contributed by atoms with Crippen molar-refractivity contribution in [3.05, 3.63) is 46.8 Å². The second kappa shape index (κ2) is 9.09. The minimum atomic E-state index is -3.54. The van der Waals surface area contributed by atoms with Gasteiger partial charge in [-0.05, 0) is 39.2 Å². The molecule has 1 fully saturated rings. The van der Waals surface area contributed by atoms with Gasteiger partial charge in [-0.3, -0.25) is 9.48 Å². The predicted octanol–water partition coefficient (Wildman–Crippen LogP) is 2.69. The topological polar surface area (TPSA) is 84.3 Å². The van der Waals surface area contributed by atoms with Crippen molar-refractivity contribution in [2.45, 2.75) is 64.4 Å². The summed E-state index contributed by atoms with van der Waals surface area (Å²) < 4.78 is 29.3. The summed E-state index contributed by atoms with van der Waals surface area (Å²) in [6, 6.07) is 8.02. The molecule has 1 aliphatic heterocycles. The molecule has 1 aromatic heterocycles. The third-order valence-electron chi connectivity index (χ3n) is 5.39. The first-order chi connectivity index (χ1) is 13.8. The molecule has 1 aromatic carbocycles. The van der Waals surface area contributed by atoms with Crippen molar-refractivity contribution in [1.82, 2.24) is 19.4 Å². The number of nitrogens with zero attached hydrogens (tertiary/aromatic N) is 3. The van der Waals surface area contributed by atoms with E-state index in [9.17, 15) is 13.2 Å². The number of benzene rings is 1. The van der Waals surface area contributed by atoms with Crippen LogP contribution in [0.4, 0.5) is 0 Å². The first kappa shape index (κ1) is 21.5. The molecule has 0 spiro atoms. The van der Waals surface area contributed by atoms with E-state index in [4.69, 9.17) is 0 Å². The number of carbonyl (C=O) groups excluding carboxylic acids is 1. The van der Waals surface area contributed by atoms with Gasteiger partial charge in [0.2, 0.25) is 15.9 Å². The Bertz CT molecular complexity index is 959. The van der Waals surface area contributed by atoms with Crippen LogP contribution in [-0.4, -0.2) is 41.5 Å². The fourth-order valence-electron chi connectivity index (χ4n) is 3.71. The van der Waals surface area contributed by atoms with E-state index < -0.39 is 10.0 Å². The van der Waals surface area contributed by atoms with E-state index in [2.05, 4.69) is 10.4 Å². The minimum Gasteiger partial charge on any atom is -0.352 e. The van der Waals surface area contributed by atoms with Crippen molar-refractivity contribution in [1.29, 1.82) is 0 Å². The number of hydrogen-bond donors (Lipinski definition) is 1. The molecule has 0 unspecified atom stereocenters. The molecule has 1 amide bonds. The quantitative estimate of drug-likeness (QED) is 0.749. The number of hydrogen-bond acceptors (Lipinski definition) is 4. The standard InChI is InChI=1S/C21H30N4O3S/c1-16-7-9-19(10-8-16)15-22-20(26)11-14-25-18(3)21(17(2)23-25)29(27,28)24-12-5-4-6-13-24/h7-10H,4-6,11-15H2,1-3H3,(H,22,26). The SMILES string of the molecule is Cc1ccc(CNC(=O)CCn2nc(C)c(S(=O)(=O)N3CCCCC3)c2C)cc1. The summed E-state index contributed by atoms with van der Waals surface area (Å²) >= 11 is 0. The Morgan fingerprint density at radius 3 is 2.38 bits per heavy atom. The van der Waals surface area contributed by atoms with E-state index >= 15 is 0 Å². The molecule has 0 saturated carbocycles. The Morgan fingerprint density at radius 1 is 1.07 bits per heavy atom. The lowest BCUT2D eigenvalue weighted by molar-refractivity contribution is -0.121. The first-order valence-electron chi connectivity index (χ1n) is 10.2. The largest absolute Gasteiger partial charge is 0.352 e. The molecule has 0 atom stereocenters. The van der Waals surface area contributed by atoms with Crippen molar-refractivity contribution < 1.29 is 13.2 Å². The van der Waals surface area contributed by atoms with Crippen molar-refractivity contribution in [3.8, 4) is 0 Å². The van der Waals surface area contributed by atoms with E-state index in [1.165, 1.54) is 5.56 Å². The van der Waals surface area contributed by atoms with Crippen LogP contribution in [0.5, 0.6) is 0 Å². The molecule has 1 saturated heterocycles. The van der Waals surface area contributed by atoms with Crippen LogP contribution in [0.1, 0.15) is 48.2 Å². The normalized spacial score (nSPS) is 15.4. The zero-order valence-electron chi connectivity index (χ0n) is 17.4. The molecule has 1 aliphatic rings. The van der Waals surface area contributed by atoms with Gasteiger partial charge < -0.3 is 5.32 Å². The van der Waals surface area contributed by atoms with Gasteiger partial charge in [0, 0.05) is 26.1 Å². The Kier molecular flexibility index (Phi) is 6.74. The Balaban J connectivity index is 1.62. The van der Waals surface area contributed by atoms with E-state index in [0.29, 0.717) is 42.5 Å². The average molecular weight is 419 g/mol. The number of nitrogens with one attached hydrogen (secondary N) is 1. The molecule has 158 valence electrons. The number of sulfonamides is 1. The fourth-order valence-corrected chi connectivity index (χ4v) is 5.60. The van der Waals surface area contributed by atoms with Gasteiger partial charge in [0.05, 0.1) is 17.9 Å². The highest BCUT2D eigenvalue weighted by Gasteiger charge is 2.31. The highest BCUT2D eigenvalue weighted by atomic mass is 32.2. The summed E-state index contributed by atoms with van der Waals surface area (Å²) in [5.74, 6) is -0.0847. The Hall–Kier alpha value is -2.19. The van der Waals surface area contributed by atoms with E-state index in [1.54, 1.807) is 22.8 Å². The van der Waals surface area contributed by atoms with Gasteiger partial charge in [0.1, 0.15) is 4.90 Å². The molecular weight excluding hydrogens is 388 g/mol. The monoisotopic (exact) mass is 418 g/mol. The smallest absolute Gasteiger partial charge is 0.246 e. The molecule has 0 bridgehead atoms. The molecule has 0 aliphatic carbocycles. The molecule has 8 heteroatoms. The maximum absolute atomic E-state index is 13.1. The highest BCUT2D eigenvalue weighted by molar-refractivity contribution is 7.89. The minimum absolute atomic E-state index is 0.0847. The highest BCUT2D eigenvalue weighted by Crippen LogP contribution is 2.26. The second-order valence-electron chi connectivity index (χ2n) is 7.70. The third-order valence-corrected chi connectivity index (χ3v) is 7.54. The summed E-state index contributed by atoms with van der Waals surface area (Å²) in [4.78, 5) is 12.5. The average Bonchev–Trinajstić information content (AvgIpc) is 3.00. The maximum atomic E-state index is 13.1. The lowest BCUT2D eigenvalue weighted by atomic mass is 10.1. The molecule has 0 radical (unpaired) electrons. The van der Waals surface area contributed by atoms with Crippen molar-refractivity contribution in [2.75, 3.05) is 13.1 Å². The summed E-state index contributed by atoms with van der Waals surface area (Å²) in [7, 11) is -3.54. The molecule has 29 heavy (non-hydrogen) atoms. The van der Waals surface area contributed by atoms with Gasteiger partial charge in [-0.25, -0.2) is 8.42 Å². The number of aromatic nitrogens is 2. The number of carbonyl (C=O) groups is 1. The second-order valence-corrected chi connectivity index (χ2v) is 9.57. The van der Waals surface area contributed by atoms with Gasteiger partial charge in [-0.15, -0.1) is 0 Å².